The number of nitrogens with two attached hydrogens (primary N) is 1. The molecule has 0 unspecified atom stereocenters. The topological polar surface area (TPSA) is 144 Å². The number of sulfone groups is 1. The third-order valence-electron chi connectivity index (χ3n) is 7.80. The van der Waals surface area contributed by atoms with Crippen LogP contribution in [0.1, 0.15) is 37.3 Å². The van der Waals surface area contributed by atoms with Crippen LogP contribution in [0.15, 0.2) is 53.7 Å². The molecule has 202 valence electrons. The van der Waals surface area contributed by atoms with Crippen LogP contribution in [-0.2, 0) is 14.6 Å². The lowest BCUT2D eigenvalue weighted by Gasteiger charge is -2.39. The minimum atomic E-state index is -3.77. The summed E-state index contributed by atoms with van der Waals surface area (Å²) in [4.78, 5) is 23.3. The molecule has 1 amide bonds. The zero-order valence-electron chi connectivity index (χ0n) is 21.2. The molecule has 2 bridgehead atoms. The van der Waals surface area contributed by atoms with Gasteiger partial charge in [0.05, 0.1) is 17.6 Å². The van der Waals surface area contributed by atoms with Crippen LogP contribution >= 0.6 is 0 Å². The first-order valence-electron chi connectivity index (χ1n) is 12.7. The lowest BCUT2D eigenvalue weighted by Crippen LogP contribution is -2.47. The quantitative estimate of drug-likeness (QED) is 0.386. The molecular weight excluding hydrogens is 523 g/mol. The molecule has 4 aromatic rings. The van der Waals surface area contributed by atoms with Crippen molar-refractivity contribution in [2.75, 3.05) is 18.6 Å². The number of nitrogens with zero attached hydrogens (tertiary/aromatic N) is 5. The number of nitrogen functional groups attached to an aromatic ring is 1. The van der Waals surface area contributed by atoms with Gasteiger partial charge in [0, 0.05) is 47.1 Å². The minimum absolute atomic E-state index is 0.0269. The summed E-state index contributed by atoms with van der Waals surface area (Å²) >= 11 is 0. The van der Waals surface area contributed by atoms with Crippen molar-refractivity contribution in [3.05, 3.63) is 60.3 Å². The number of piperidine rings is 1. The highest BCUT2D eigenvalue weighted by atomic mass is 32.2. The maximum atomic E-state index is 14.2. The van der Waals surface area contributed by atoms with Gasteiger partial charge >= 0.3 is 0 Å². The number of rotatable bonds is 5. The number of anilines is 1. The van der Waals surface area contributed by atoms with Crippen LogP contribution < -0.4 is 5.73 Å². The number of pyridine rings is 1. The van der Waals surface area contributed by atoms with Crippen LogP contribution in [0.4, 0.5) is 10.2 Å². The fourth-order valence-electron chi connectivity index (χ4n) is 6.15. The Hall–Kier alpha value is -3.90. The van der Waals surface area contributed by atoms with Crippen LogP contribution in [0.3, 0.4) is 0 Å². The Morgan fingerprint density at radius 3 is 2.44 bits per heavy atom. The molecule has 0 spiro atoms. The van der Waals surface area contributed by atoms with Crippen LogP contribution in [0, 0.1) is 5.82 Å². The Bertz CT molecular complexity index is 1690. The number of amides is 1. The van der Waals surface area contributed by atoms with Crippen molar-refractivity contribution in [2.45, 2.75) is 48.6 Å². The zero-order valence-corrected chi connectivity index (χ0v) is 22.0. The molecule has 39 heavy (non-hydrogen) atoms. The van der Waals surface area contributed by atoms with Gasteiger partial charge in [0.2, 0.25) is 5.91 Å². The Morgan fingerprint density at radius 2 is 1.82 bits per heavy atom. The van der Waals surface area contributed by atoms with Crippen molar-refractivity contribution >= 4 is 27.2 Å². The van der Waals surface area contributed by atoms with Gasteiger partial charge in [0.15, 0.2) is 15.5 Å². The van der Waals surface area contributed by atoms with Crippen molar-refractivity contribution in [3.63, 3.8) is 0 Å². The summed E-state index contributed by atoms with van der Waals surface area (Å²) in [6.07, 6.45) is 6.88. The van der Waals surface area contributed by atoms with E-state index in [-0.39, 0.29) is 40.4 Å². The third-order valence-corrected chi connectivity index (χ3v) is 8.96. The number of aromatic nitrogens is 4. The summed E-state index contributed by atoms with van der Waals surface area (Å²) in [5.41, 5.74) is 9.31. The fraction of sp³-hybridized carbons (Fsp3) is 0.333. The Labute approximate surface area is 224 Å². The van der Waals surface area contributed by atoms with E-state index in [1.165, 1.54) is 10.6 Å². The second-order valence-electron chi connectivity index (χ2n) is 10.2. The molecule has 2 aliphatic rings. The molecular formula is C27H27FN6O4S. The van der Waals surface area contributed by atoms with E-state index in [2.05, 4.69) is 10.1 Å². The van der Waals surface area contributed by atoms with E-state index in [1.54, 1.807) is 47.6 Å². The molecule has 12 heteroatoms. The molecule has 0 aliphatic carbocycles. The molecule has 0 radical (unpaired) electrons. The summed E-state index contributed by atoms with van der Waals surface area (Å²) < 4.78 is 41.4. The predicted octanol–water partition coefficient (Wildman–Crippen LogP) is 2.81. The highest BCUT2D eigenvalue weighted by Crippen LogP contribution is 2.45. The van der Waals surface area contributed by atoms with Gasteiger partial charge in [-0.3, -0.25) is 9.78 Å². The molecule has 10 nitrogen and oxygen atoms in total. The molecule has 3 N–H and O–H groups in total. The van der Waals surface area contributed by atoms with Gasteiger partial charge in [-0.15, -0.1) is 0 Å². The Balaban J connectivity index is 1.44. The fourth-order valence-corrected chi connectivity index (χ4v) is 7.21. The number of aliphatic hydroxyl groups excluding tert-OH is 1. The molecule has 5 heterocycles. The number of fused-ring (bicyclic) bond motifs is 3. The van der Waals surface area contributed by atoms with E-state index in [1.807, 2.05) is 0 Å². The van der Waals surface area contributed by atoms with E-state index in [0.29, 0.717) is 46.6 Å². The lowest BCUT2D eigenvalue weighted by molar-refractivity contribution is -0.138. The lowest BCUT2D eigenvalue weighted by atomic mass is 9.87. The predicted molar refractivity (Wildman–Crippen MR) is 142 cm³/mol. The summed E-state index contributed by atoms with van der Waals surface area (Å²) in [6, 6.07) is 9.68. The molecule has 0 saturated carbocycles. The normalized spacial score (nSPS) is 21.0. The van der Waals surface area contributed by atoms with E-state index in [0.717, 1.165) is 19.1 Å². The second kappa shape index (κ2) is 9.38. The Morgan fingerprint density at radius 1 is 1.10 bits per heavy atom. The zero-order chi connectivity index (χ0) is 27.5. The van der Waals surface area contributed by atoms with Gasteiger partial charge in [-0.05, 0) is 43.9 Å². The molecule has 3 aromatic heterocycles. The third kappa shape index (κ3) is 4.23. The smallest absolute Gasteiger partial charge is 0.248 e. The second-order valence-corrected chi connectivity index (χ2v) is 12.2. The number of hydrogen-bond donors (Lipinski definition) is 2. The van der Waals surface area contributed by atoms with E-state index < -0.39 is 16.4 Å². The van der Waals surface area contributed by atoms with Crippen molar-refractivity contribution < 1.29 is 22.7 Å². The SMILES string of the molecule is CS(=O)(=O)c1c([C@@H]2C[C@H]3CC[C@@H](C2)N3C(=O)CO)nc2c(-c3ccc(-c4ccccc4F)nc3)cnn2c1N. The van der Waals surface area contributed by atoms with Crippen molar-refractivity contribution in [1.82, 2.24) is 24.5 Å². The number of carbonyl (C=O) groups is 1. The van der Waals surface area contributed by atoms with Crippen LogP contribution in [-0.4, -0.2) is 68.9 Å². The molecule has 2 saturated heterocycles. The summed E-state index contributed by atoms with van der Waals surface area (Å²) in [5.74, 6) is -0.953. The van der Waals surface area contributed by atoms with Crippen molar-refractivity contribution in [2.24, 2.45) is 0 Å². The first-order valence-corrected chi connectivity index (χ1v) is 14.6. The van der Waals surface area contributed by atoms with Gasteiger partial charge in [-0.25, -0.2) is 17.8 Å². The van der Waals surface area contributed by atoms with Gasteiger partial charge in [0.1, 0.15) is 23.1 Å². The van der Waals surface area contributed by atoms with Crippen LogP contribution in [0.5, 0.6) is 0 Å². The van der Waals surface area contributed by atoms with Gasteiger partial charge in [-0.2, -0.15) is 9.61 Å². The summed E-state index contributed by atoms with van der Waals surface area (Å²) in [6.45, 7) is -0.549. The maximum Gasteiger partial charge on any atom is 0.248 e. The molecule has 1 aromatic carbocycles. The van der Waals surface area contributed by atoms with Crippen molar-refractivity contribution in [1.29, 1.82) is 0 Å². The number of aliphatic hydroxyl groups is 1. The molecule has 2 aliphatic heterocycles. The average Bonchev–Trinajstić information content (AvgIpc) is 3.46. The Kier molecular flexibility index (Phi) is 6.11. The van der Waals surface area contributed by atoms with Gasteiger partial charge in [0.25, 0.3) is 0 Å². The van der Waals surface area contributed by atoms with E-state index in [9.17, 15) is 22.7 Å². The molecule has 2 fully saturated rings. The van der Waals surface area contributed by atoms with E-state index >= 15 is 0 Å². The number of carbonyl (C=O) groups excluding carboxylic acids is 1. The first kappa shape index (κ1) is 25.4. The minimum Gasteiger partial charge on any atom is -0.387 e. The molecule has 6 rings (SSSR count). The van der Waals surface area contributed by atoms with Crippen LogP contribution in [0.2, 0.25) is 0 Å². The number of hydrogen-bond acceptors (Lipinski definition) is 8. The average molecular weight is 551 g/mol. The van der Waals surface area contributed by atoms with Gasteiger partial charge < -0.3 is 15.7 Å². The summed E-state index contributed by atoms with van der Waals surface area (Å²) in [7, 11) is -3.77. The van der Waals surface area contributed by atoms with Crippen LogP contribution in [0.25, 0.3) is 28.0 Å². The largest absolute Gasteiger partial charge is 0.387 e. The standard InChI is InChI=1S/C27H27FN6O4S/c1-39(37,38)25-24(16-10-17-7-8-18(11-16)33(17)23(36)14-35)32-27-20(13-31-34(27)26(25)29)15-6-9-22(30-12-15)19-4-2-3-5-21(19)28/h2-6,9,12-13,16-18,35H,7-8,10-11,14,29H2,1H3/t16-,17-,18+. The number of halogens is 1. The number of benzene rings is 1. The molecule has 3 atom stereocenters. The first-order chi connectivity index (χ1) is 18.7. The highest BCUT2D eigenvalue weighted by Gasteiger charge is 2.45. The monoisotopic (exact) mass is 550 g/mol. The van der Waals surface area contributed by atoms with Gasteiger partial charge in [-0.1, -0.05) is 18.2 Å². The summed E-state index contributed by atoms with van der Waals surface area (Å²) in [5, 5.41) is 13.8. The maximum absolute atomic E-state index is 14.2. The highest BCUT2D eigenvalue weighted by molar-refractivity contribution is 7.91. The van der Waals surface area contributed by atoms with Crippen molar-refractivity contribution in [3.8, 4) is 22.4 Å². The van der Waals surface area contributed by atoms with E-state index in [4.69, 9.17) is 10.7 Å².